The highest BCUT2D eigenvalue weighted by Crippen LogP contribution is 2.51. The lowest BCUT2D eigenvalue weighted by molar-refractivity contribution is -0.211. The van der Waals surface area contributed by atoms with Crippen LogP contribution in [0.3, 0.4) is 0 Å². The Balaban J connectivity index is 2.41. The number of carbonyl (C=O) groups is 2. The molecule has 2 saturated heterocycles. The summed E-state index contributed by atoms with van der Waals surface area (Å²) >= 11 is 0. The highest BCUT2D eigenvalue weighted by atomic mass is 16.6. The van der Waals surface area contributed by atoms with E-state index in [1.165, 1.54) is 0 Å². The summed E-state index contributed by atoms with van der Waals surface area (Å²) in [6, 6.07) is 0. The third-order valence-corrected chi connectivity index (χ3v) is 4.16. The largest absolute Gasteiger partial charge is 0.453 e. The minimum Gasteiger partial charge on any atom is -0.453 e. The molecule has 0 aromatic carbocycles. The summed E-state index contributed by atoms with van der Waals surface area (Å²) in [7, 11) is 0. The monoisotopic (exact) mass is 263 g/mol. The molecular weight excluding hydrogens is 242 g/mol. The first-order valence-corrected chi connectivity index (χ1v) is 6.79. The number of hydrogen-bond acceptors (Lipinski definition) is 3. The molecule has 104 valence electrons. The zero-order valence-corrected chi connectivity index (χ0v) is 11.9. The molecule has 0 radical (unpaired) electrons. The second-order valence-electron chi connectivity index (χ2n) is 5.52. The summed E-state index contributed by atoms with van der Waals surface area (Å²) < 4.78 is 5.38. The first-order chi connectivity index (χ1) is 8.91. The maximum atomic E-state index is 12.1. The predicted molar refractivity (Wildman–Crippen MR) is 72.3 cm³/mol. The average Bonchev–Trinajstić information content (AvgIpc) is 2.49. The van der Waals surface area contributed by atoms with Gasteiger partial charge in [0.1, 0.15) is 0 Å². The Kier molecular flexibility index (Phi) is 3.29. The van der Waals surface area contributed by atoms with Crippen LogP contribution >= 0.6 is 0 Å². The van der Waals surface area contributed by atoms with E-state index < -0.39 is 11.1 Å². The van der Waals surface area contributed by atoms with E-state index in [9.17, 15) is 9.59 Å². The molecular formula is C15H21NO3. The van der Waals surface area contributed by atoms with Crippen molar-refractivity contribution in [3.63, 3.8) is 0 Å². The van der Waals surface area contributed by atoms with Gasteiger partial charge in [-0.05, 0) is 33.3 Å². The quantitative estimate of drug-likeness (QED) is 0.624. The summed E-state index contributed by atoms with van der Waals surface area (Å²) in [5, 5.41) is 2.86. The fourth-order valence-corrected chi connectivity index (χ4v) is 3.15. The lowest BCUT2D eigenvalue weighted by Gasteiger charge is -2.50. The van der Waals surface area contributed by atoms with Crippen molar-refractivity contribution in [2.75, 3.05) is 0 Å². The molecule has 0 spiro atoms. The van der Waals surface area contributed by atoms with Crippen LogP contribution in [-0.2, 0) is 14.3 Å². The molecule has 19 heavy (non-hydrogen) atoms. The molecule has 1 N–H and O–H groups in total. The highest BCUT2D eigenvalue weighted by molar-refractivity contribution is 6.03. The zero-order chi connectivity index (χ0) is 14.3. The fraction of sp³-hybridized carbons (Fsp3) is 0.600. The number of allylic oxidation sites excluding steroid dienone is 3. The minimum atomic E-state index is -0.979. The van der Waals surface area contributed by atoms with Crippen LogP contribution in [0.25, 0.3) is 0 Å². The van der Waals surface area contributed by atoms with E-state index in [1.54, 1.807) is 0 Å². The Morgan fingerprint density at radius 1 is 1.47 bits per heavy atom. The molecule has 2 aliphatic rings. The summed E-state index contributed by atoms with van der Waals surface area (Å²) in [6.45, 7) is 7.71. The number of amides is 1. The van der Waals surface area contributed by atoms with E-state index in [4.69, 9.17) is 4.74 Å². The molecule has 2 aliphatic heterocycles. The van der Waals surface area contributed by atoms with E-state index in [-0.39, 0.29) is 17.8 Å². The van der Waals surface area contributed by atoms with E-state index in [2.05, 4.69) is 5.32 Å². The van der Waals surface area contributed by atoms with Crippen LogP contribution in [-0.4, -0.2) is 23.0 Å². The van der Waals surface area contributed by atoms with Crippen molar-refractivity contribution in [2.45, 2.75) is 51.7 Å². The molecule has 3 atom stereocenters. The van der Waals surface area contributed by atoms with E-state index in [1.807, 2.05) is 45.9 Å². The summed E-state index contributed by atoms with van der Waals surface area (Å²) in [5.41, 5.74) is -0.782. The number of fused-ring (bicyclic) bond motifs is 1. The Morgan fingerprint density at radius 2 is 2.16 bits per heavy atom. The predicted octanol–water partition coefficient (Wildman–Crippen LogP) is 2.11. The second kappa shape index (κ2) is 4.51. The molecule has 1 amide bonds. The molecule has 2 fully saturated rings. The molecule has 0 aromatic rings. The van der Waals surface area contributed by atoms with Crippen LogP contribution in [0.2, 0.25) is 0 Å². The summed E-state index contributed by atoms with van der Waals surface area (Å²) in [6.07, 6.45) is 7.27. The van der Waals surface area contributed by atoms with Gasteiger partial charge in [0, 0.05) is 0 Å². The molecule has 0 aromatic heterocycles. The number of hydrogen-bond donors (Lipinski definition) is 1. The van der Waals surface area contributed by atoms with Crippen LogP contribution in [0.4, 0.5) is 0 Å². The third kappa shape index (κ3) is 1.73. The maximum absolute atomic E-state index is 12.1. The Bertz CT molecular complexity index is 480. The maximum Gasteiger partial charge on any atom is 0.340 e. The van der Waals surface area contributed by atoms with Gasteiger partial charge in [-0.2, -0.15) is 0 Å². The van der Waals surface area contributed by atoms with Gasteiger partial charge in [-0.1, -0.05) is 31.1 Å². The van der Waals surface area contributed by atoms with Crippen LogP contribution in [0.5, 0.6) is 0 Å². The molecule has 2 heterocycles. The van der Waals surface area contributed by atoms with E-state index in [0.29, 0.717) is 0 Å². The van der Waals surface area contributed by atoms with Gasteiger partial charge in [0.2, 0.25) is 5.91 Å². The Morgan fingerprint density at radius 3 is 2.68 bits per heavy atom. The molecule has 0 saturated carbocycles. The van der Waals surface area contributed by atoms with Crippen molar-refractivity contribution < 1.29 is 14.3 Å². The topological polar surface area (TPSA) is 55.4 Å². The zero-order valence-electron chi connectivity index (χ0n) is 11.9. The van der Waals surface area contributed by atoms with E-state index >= 15 is 0 Å². The first kappa shape index (κ1) is 13.8. The minimum absolute atomic E-state index is 0.0836. The number of carbonyl (C=O) groups excluding carboxylic acids is 2. The van der Waals surface area contributed by atoms with Crippen molar-refractivity contribution in [1.29, 1.82) is 0 Å². The van der Waals surface area contributed by atoms with Gasteiger partial charge in [-0.15, -0.1) is 0 Å². The molecule has 4 nitrogen and oxygen atoms in total. The standard InChI is InChI=1S/C15H21NO3/c1-5-7-10(3)9-15-13(18)19-14(15,4)11(8-6-2)12(17)16-15/h5,7,9,11H,6,8H2,1-4H3,(H,16,17)/b7-5-,10-9-. The molecule has 0 bridgehead atoms. The van der Waals surface area contributed by atoms with Gasteiger partial charge >= 0.3 is 5.97 Å². The number of ether oxygens (including phenoxy) is 1. The van der Waals surface area contributed by atoms with Crippen molar-refractivity contribution in [2.24, 2.45) is 5.92 Å². The van der Waals surface area contributed by atoms with Gasteiger partial charge < -0.3 is 10.1 Å². The van der Waals surface area contributed by atoms with Crippen molar-refractivity contribution >= 4 is 11.9 Å². The second-order valence-corrected chi connectivity index (χ2v) is 5.52. The van der Waals surface area contributed by atoms with Gasteiger partial charge in [0.25, 0.3) is 0 Å². The van der Waals surface area contributed by atoms with Gasteiger partial charge in [-0.25, -0.2) is 4.79 Å². The van der Waals surface area contributed by atoms with Crippen LogP contribution in [0.1, 0.15) is 40.5 Å². The normalized spacial score (nSPS) is 37.9. The Labute approximate surface area is 113 Å². The summed E-state index contributed by atoms with van der Waals surface area (Å²) in [5.74, 6) is -0.699. The SMILES string of the molecule is C/C=C\C(C)=C/C12NC(=O)C(CCC)C1(C)OC2=O. The first-order valence-electron chi connectivity index (χ1n) is 6.79. The van der Waals surface area contributed by atoms with Crippen molar-refractivity contribution in [3.05, 3.63) is 23.8 Å². The number of esters is 1. The molecule has 4 heteroatoms. The highest BCUT2D eigenvalue weighted by Gasteiger charge is 2.75. The molecule has 3 unspecified atom stereocenters. The van der Waals surface area contributed by atoms with Crippen molar-refractivity contribution in [3.8, 4) is 0 Å². The van der Waals surface area contributed by atoms with Gasteiger partial charge in [-0.3, -0.25) is 4.79 Å². The molecule has 2 rings (SSSR count). The summed E-state index contributed by atoms with van der Waals surface area (Å²) in [4.78, 5) is 24.1. The van der Waals surface area contributed by atoms with Crippen molar-refractivity contribution in [1.82, 2.24) is 5.32 Å². The third-order valence-electron chi connectivity index (χ3n) is 4.16. The van der Waals surface area contributed by atoms with Crippen LogP contribution in [0, 0.1) is 5.92 Å². The van der Waals surface area contributed by atoms with Crippen LogP contribution < -0.4 is 5.32 Å². The van der Waals surface area contributed by atoms with Gasteiger partial charge in [0.15, 0.2) is 11.1 Å². The fourth-order valence-electron chi connectivity index (χ4n) is 3.15. The average molecular weight is 263 g/mol. The number of rotatable bonds is 4. The van der Waals surface area contributed by atoms with E-state index in [0.717, 1.165) is 18.4 Å². The van der Waals surface area contributed by atoms with Crippen LogP contribution in [0.15, 0.2) is 23.8 Å². The smallest absolute Gasteiger partial charge is 0.340 e. The lowest BCUT2D eigenvalue weighted by atomic mass is 9.70. The lowest BCUT2D eigenvalue weighted by Crippen LogP contribution is -2.73. The Hall–Kier alpha value is -1.58. The van der Waals surface area contributed by atoms with Gasteiger partial charge in [0.05, 0.1) is 5.92 Å². The molecule has 0 aliphatic carbocycles. The number of nitrogens with one attached hydrogen (secondary N) is 1.